The Balaban J connectivity index is 1.81. The number of nitrogens with zero attached hydrogens (tertiary/aromatic N) is 1. The zero-order valence-corrected chi connectivity index (χ0v) is 12.5. The van der Waals surface area contributed by atoms with E-state index in [0.29, 0.717) is 12.0 Å². The van der Waals surface area contributed by atoms with E-state index in [2.05, 4.69) is 19.2 Å². The Morgan fingerprint density at radius 1 is 1.40 bits per heavy atom. The minimum absolute atomic E-state index is 0.0000971. The van der Waals surface area contributed by atoms with Gasteiger partial charge in [0.15, 0.2) is 0 Å². The lowest BCUT2D eigenvalue weighted by Gasteiger charge is -2.37. The topological polar surface area (TPSA) is 49.4 Å². The first-order valence-electron chi connectivity index (χ1n) is 6.81. The molecule has 0 radical (unpaired) electrons. The highest BCUT2D eigenvalue weighted by atomic mass is 32.2. The molecule has 2 aliphatic rings. The van der Waals surface area contributed by atoms with Gasteiger partial charge in [0, 0.05) is 34.8 Å². The van der Waals surface area contributed by atoms with Crippen LogP contribution in [-0.4, -0.2) is 40.3 Å². The van der Waals surface area contributed by atoms with Crippen molar-refractivity contribution in [3.63, 3.8) is 0 Å². The minimum atomic E-state index is 0.0000971. The van der Waals surface area contributed by atoms with Gasteiger partial charge in [-0.3, -0.25) is 9.59 Å². The molecule has 0 spiro atoms. The summed E-state index contributed by atoms with van der Waals surface area (Å²) in [7, 11) is 0. The number of hydrogen-bond donors (Lipinski definition) is 1. The predicted molar refractivity (Wildman–Crippen MR) is 81.2 cm³/mol. The highest BCUT2D eigenvalue weighted by molar-refractivity contribution is 8.00. The van der Waals surface area contributed by atoms with E-state index in [4.69, 9.17) is 0 Å². The fourth-order valence-corrected chi connectivity index (χ4v) is 3.85. The Bertz CT molecular complexity index is 583. The summed E-state index contributed by atoms with van der Waals surface area (Å²) < 4.78 is 0.113. The summed E-state index contributed by atoms with van der Waals surface area (Å²) in [6.45, 7) is 5.90. The molecule has 0 aromatic heterocycles. The van der Waals surface area contributed by atoms with E-state index in [1.165, 1.54) is 0 Å². The first-order chi connectivity index (χ1) is 9.44. The van der Waals surface area contributed by atoms with Crippen LogP contribution in [-0.2, 0) is 11.2 Å². The Morgan fingerprint density at radius 2 is 2.20 bits per heavy atom. The standard InChI is InChI=1S/C15H18N2O2S/c1-15(2)9-17(5-6-20-15)14(19)10-3-4-12-11(7-10)8-13(18)16-12/h3-4,7H,5-6,8-9H2,1-2H3,(H,16,18). The molecule has 1 aromatic carbocycles. The third-order valence-corrected chi connectivity index (χ3v) is 4.99. The van der Waals surface area contributed by atoms with Crippen LogP contribution >= 0.6 is 11.8 Å². The van der Waals surface area contributed by atoms with Gasteiger partial charge in [-0.2, -0.15) is 11.8 Å². The third kappa shape index (κ3) is 2.54. The van der Waals surface area contributed by atoms with Crippen LogP contribution < -0.4 is 5.32 Å². The fourth-order valence-electron chi connectivity index (χ4n) is 2.73. The maximum absolute atomic E-state index is 12.6. The molecule has 2 aliphatic heterocycles. The zero-order chi connectivity index (χ0) is 14.3. The second kappa shape index (κ2) is 4.81. The second-order valence-electron chi connectivity index (χ2n) is 5.93. The summed E-state index contributed by atoms with van der Waals surface area (Å²) in [6.07, 6.45) is 0.373. The third-order valence-electron chi connectivity index (χ3n) is 3.69. The summed E-state index contributed by atoms with van der Waals surface area (Å²) >= 11 is 1.91. The molecule has 4 nitrogen and oxygen atoms in total. The summed E-state index contributed by atoms with van der Waals surface area (Å²) in [5.74, 6) is 1.05. The molecule has 5 heteroatoms. The van der Waals surface area contributed by atoms with Crippen LogP contribution in [0.15, 0.2) is 18.2 Å². The molecule has 2 amide bonds. The average Bonchev–Trinajstić information content (AvgIpc) is 2.75. The number of thioether (sulfide) groups is 1. The Labute approximate surface area is 122 Å². The van der Waals surface area contributed by atoms with E-state index in [1.54, 1.807) is 0 Å². The molecule has 1 saturated heterocycles. The van der Waals surface area contributed by atoms with Crippen molar-refractivity contribution in [1.29, 1.82) is 0 Å². The normalized spacial score (nSPS) is 20.5. The molecule has 0 unspecified atom stereocenters. The molecule has 1 N–H and O–H groups in total. The smallest absolute Gasteiger partial charge is 0.253 e. The summed E-state index contributed by atoms with van der Waals surface area (Å²) in [6, 6.07) is 5.49. The SMILES string of the molecule is CC1(C)CN(C(=O)c2ccc3c(c2)CC(=O)N3)CCS1. The lowest BCUT2D eigenvalue weighted by molar-refractivity contribution is -0.115. The lowest BCUT2D eigenvalue weighted by atomic mass is 10.1. The van der Waals surface area contributed by atoms with Crippen molar-refractivity contribution in [3.8, 4) is 0 Å². The van der Waals surface area contributed by atoms with Crippen molar-refractivity contribution < 1.29 is 9.59 Å². The van der Waals surface area contributed by atoms with Gasteiger partial charge < -0.3 is 10.2 Å². The number of nitrogens with one attached hydrogen (secondary N) is 1. The van der Waals surface area contributed by atoms with Crippen molar-refractivity contribution in [2.24, 2.45) is 0 Å². The van der Waals surface area contributed by atoms with Gasteiger partial charge in [-0.1, -0.05) is 0 Å². The van der Waals surface area contributed by atoms with Gasteiger partial charge in [-0.25, -0.2) is 0 Å². The largest absolute Gasteiger partial charge is 0.336 e. The Hall–Kier alpha value is -1.49. The van der Waals surface area contributed by atoms with E-state index in [9.17, 15) is 9.59 Å². The highest BCUT2D eigenvalue weighted by Crippen LogP contribution is 2.31. The molecular weight excluding hydrogens is 272 g/mol. The van der Waals surface area contributed by atoms with Crippen LogP contribution in [0.1, 0.15) is 29.8 Å². The second-order valence-corrected chi connectivity index (χ2v) is 7.73. The van der Waals surface area contributed by atoms with Crippen molar-refractivity contribution in [2.75, 3.05) is 24.2 Å². The molecule has 20 heavy (non-hydrogen) atoms. The van der Waals surface area contributed by atoms with Crippen LogP contribution in [0, 0.1) is 0 Å². The minimum Gasteiger partial charge on any atom is -0.336 e. The van der Waals surface area contributed by atoms with Crippen LogP contribution in [0.2, 0.25) is 0 Å². The molecule has 0 saturated carbocycles. The summed E-state index contributed by atoms with van der Waals surface area (Å²) in [5, 5.41) is 2.79. The molecule has 0 atom stereocenters. The average molecular weight is 290 g/mol. The molecule has 1 fully saturated rings. The van der Waals surface area contributed by atoms with Crippen LogP contribution in [0.4, 0.5) is 5.69 Å². The van der Waals surface area contributed by atoms with E-state index in [1.807, 2.05) is 34.9 Å². The number of amides is 2. The molecule has 3 rings (SSSR count). The monoisotopic (exact) mass is 290 g/mol. The zero-order valence-electron chi connectivity index (χ0n) is 11.7. The number of hydrogen-bond acceptors (Lipinski definition) is 3. The highest BCUT2D eigenvalue weighted by Gasteiger charge is 2.30. The quantitative estimate of drug-likeness (QED) is 0.862. The predicted octanol–water partition coefficient (Wildman–Crippen LogP) is 2.15. The van der Waals surface area contributed by atoms with Gasteiger partial charge in [0.25, 0.3) is 5.91 Å². The van der Waals surface area contributed by atoms with Gasteiger partial charge in [0.2, 0.25) is 5.91 Å². The molecule has 0 aliphatic carbocycles. The summed E-state index contributed by atoms with van der Waals surface area (Å²) in [5.41, 5.74) is 2.44. The maximum Gasteiger partial charge on any atom is 0.253 e. The van der Waals surface area contributed by atoms with E-state index >= 15 is 0 Å². The number of rotatable bonds is 1. The van der Waals surface area contributed by atoms with Gasteiger partial charge >= 0.3 is 0 Å². The number of carbonyl (C=O) groups excluding carboxylic acids is 2. The molecule has 2 heterocycles. The van der Waals surface area contributed by atoms with Crippen molar-refractivity contribution in [3.05, 3.63) is 29.3 Å². The van der Waals surface area contributed by atoms with Crippen molar-refractivity contribution in [1.82, 2.24) is 4.90 Å². The van der Waals surface area contributed by atoms with Gasteiger partial charge in [-0.05, 0) is 37.6 Å². The molecule has 106 valence electrons. The fraction of sp³-hybridized carbons (Fsp3) is 0.467. The van der Waals surface area contributed by atoms with Gasteiger partial charge in [0.1, 0.15) is 0 Å². The lowest BCUT2D eigenvalue weighted by Crippen LogP contribution is -2.46. The first kappa shape index (κ1) is 13.5. The Morgan fingerprint density at radius 3 is 2.95 bits per heavy atom. The van der Waals surface area contributed by atoms with Crippen molar-refractivity contribution >= 4 is 29.3 Å². The first-order valence-corrected chi connectivity index (χ1v) is 7.79. The van der Waals surface area contributed by atoms with Crippen LogP contribution in [0.3, 0.4) is 0 Å². The van der Waals surface area contributed by atoms with Crippen molar-refractivity contribution in [2.45, 2.75) is 25.0 Å². The number of fused-ring (bicyclic) bond motifs is 1. The molecule has 0 bridgehead atoms. The van der Waals surface area contributed by atoms with Gasteiger partial charge in [0.05, 0.1) is 6.42 Å². The van der Waals surface area contributed by atoms with E-state index < -0.39 is 0 Å². The maximum atomic E-state index is 12.6. The number of anilines is 1. The summed E-state index contributed by atoms with van der Waals surface area (Å²) in [4.78, 5) is 25.9. The molecular formula is C15H18N2O2S. The van der Waals surface area contributed by atoms with Crippen LogP contribution in [0.5, 0.6) is 0 Å². The van der Waals surface area contributed by atoms with E-state index in [-0.39, 0.29) is 16.6 Å². The molecule has 1 aromatic rings. The number of benzene rings is 1. The number of carbonyl (C=O) groups is 2. The van der Waals surface area contributed by atoms with E-state index in [0.717, 1.165) is 30.1 Å². The van der Waals surface area contributed by atoms with Gasteiger partial charge in [-0.15, -0.1) is 0 Å². The Kier molecular flexibility index (Phi) is 3.24. The van der Waals surface area contributed by atoms with Crippen LogP contribution in [0.25, 0.3) is 0 Å².